The van der Waals surface area contributed by atoms with E-state index in [4.69, 9.17) is 4.74 Å². The largest absolute Gasteiger partial charge is 0.496 e. The van der Waals surface area contributed by atoms with Crippen molar-refractivity contribution in [3.05, 3.63) is 23.8 Å². The summed E-state index contributed by atoms with van der Waals surface area (Å²) >= 11 is 0. The van der Waals surface area contributed by atoms with Crippen LogP contribution in [-0.2, 0) is 11.2 Å². The van der Waals surface area contributed by atoms with E-state index in [9.17, 15) is 4.79 Å². The number of benzene rings is 1. The molecular weight excluding hydrogens is 202 g/mol. The Balaban J connectivity index is 2.87. The number of nitrogens with one attached hydrogen (secondary N) is 1. The molecule has 0 aliphatic heterocycles. The second-order valence-corrected chi connectivity index (χ2v) is 4.02. The third-order valence-corrected chi connectivity index (χ3v) is 2.45. The smallest absolute Gasteiger partial charge is 0.226 e. The van der Waals surface area contributed by atoms with Gasteiger partial charge < -0.3 is 10.1 Å². The van der Waals surface area contributed by atoms with E-state index in [2.05, 4.69) is 12.2 Å². The van der Waals surface area contributed by atoms with Gasteiger partial charge >= 0.3 is 0 Å². The Hall–Kier alpha value is -1.51. The first-order valence-corrected chi connectivity index (χ1v) is 5.56. The monoisotopic (exact) mass is 221 g/mol. The molecule has 3 heteroatoms. The third kappa shape index (κ3) is 2.99. The van der Waals surface area contributed by atoms with Crippen LogP contribution >= 0.6 is 0 Å². The summed E-state index contributed by atoms with van der Waals surface area (Å²) in [6, 6.07) is 5.70. The molecule has 0 fully saturated rings. The highest BCUT2D eigenvalue weighted by Gasteiger charge is 2.08. The zero-order valence-corrected chi connectivity index (χ0v) is 10.3. The number of carbonyl (C=O) groups excluding carboxylic acids is 1. The van der Waals surface area contributed by atoms with Crippen LogP contribution in [0, 0.1) is 5.92 Å². The number of hydrogen-bond donors (Lipinski definition) is 1. The zero-order valence-electron chi connectivity index (χ0n) is 10.3. The Morgan fingerprint density at radius 3 is 2.62 bits per heavy atom. The van der Waals surface area contributed by atoms with Crippen molar-refractivity contribution in [3.8, 4) is 5.75 Å². The summed E-state index contributed by atoms with van der Waals surface area (Å²) in [5.74, 6) is 0.893. The van der Waals surface area contributed by atoms with Crippen LogP contribution in [0.3, 0.4) is 0 Å². The summed E-state index contributed by atoms with van der Waals surface area (Å²) in [4.78, 5) is 11.5. The van der Waals surface area contributed by atoms with E-state index >= 15 is 0 Å². The number of methoxy groups -OCH3 is 1. The average molecular weight is 221 g/mol. The molecule has 0 radical (unpaired) electrons. The summed E-state index contributed by atoms with van der Waals surface area (Å²) < 4.78 is 5.23. The first-order chi connectivity index (χ1) is 7.58. The highest BCUT2D eigenvalue weighted by atomic mass is 16.5. The molecule has 0 aliphatic rings. The number of carbonyl (C=O) groups is 1. The summed E-state index contributed by atoms with van der Waals surface area (Å²) in [6.07, 6.45) is 0.883. The van der Waals surface area contributed by atoms with Crippen molar-refractivity contribution in [2.75, 3.05) is 12.4 Å². The number of aryl methyl sites for hydroxylation is 1. The SMILES string of the molecule is CCc1cc(NC(=O)C(C)C)ccc1OC. The lowest BCUT2D eigenvalue weighted by atomic mass is 10.1. The van der Waals surface area contributed by atoms with Crippen LogP contribution in [0.5, 0.6) is 5.75 Å². The van der Waals surface area contributed by atoms with E-state index in [0.717, 1.165) is 23.4 Å². The molecule has 0 saturated heterocycles. The zero-order chi connectivity index (χ0) is 12.1. The molecule has 0 aliphatic carbocycles. The van der Waals surface area contributed by atoms with E-state index in [1.54, 1.807) is 7.11 Å². The fourth-order valence-corrected chi connectivity index (χ4v) is 1.42. The molecule has 1 rings (SSSR count). The number of anilines is 1. The average Bonchev–Trinajstić information content (AvgIpc) is 2.28. The molecule has 0 aromatic heterocycles. The molecule has 88 valence electrons. The summed E-state index contributed by atoms with van der Waals surface area (Å²) in [7, 11) is 1.65. The predicted molar refractivity (Wildman–Crippen MR) is 65.8 cm³/mol. The van der Waals surface area contributed by atoms with Gasteiger partial charge in [-0.2, -0.15) is 0 Å². The summed E-state index contributed by atoms with van der Waals surface area (Å²) in [5, 5.41) is 2.87. The van der Waals surface area contributed by atoms with Gasteiger partial charge in [0.05, 0.1) is 7.11 Å². The van der Waals surface area contributed by atoms with Gasteiger partial charge in [-0.15, -0.1) is 0 Å². The number of hydrogen-bond acceptors (Lipinski definition) is 2. The van der Waals surface area contributed by atoms with Crippen molar-refractivity contribution in [1.82, 2.24) is 0 Å². The fraction of sp³-hybridized carbons (Fsp3) is 0.462. The maximum Gasteiger partial charge on any atom is 0.226 e. The van der Waals surface area contributed by atoms with Crippen LogP contribution in [0.1, 0.15) is 26.3 Å². The van der Waals surface area contributed by atoms with Crippen molar-refractivity contribution in [1.29, 1.82) is 0 Å². The van der Waals surface area contributed by atoms with E-state index in [-0.39, 0.29) is 11.8 Å². The fourth-order valence-electron chi connectivity index (χ4n) is 1.42. The molecule has 1 aromatic carbocycles. The van der Waals surface area contributed by atoms with Crippen LogP contribution < -0.4 is 10.1 Å². The van der Waals surface area contributed by atoms with Gasteiger partial charge in [0.1, 0.15) is 5.75 Å². The molecule has 0 unspecified atom stereocenters. The Morgan fingerprint density at radius 2 is 2.12 bits per heavy atom. The van der Waals surface area contributed by atoms with E-state index < -0.39 is 0 Å². The van der Waals surface area contributed by atoms with Crippen LogP contribution in [0.4, 0.5) is 5.69 Å². The van der Waals surface area contributed by atoms with E-state index in [1.165, 1.54) is 0 Å². The Kier molecular flexibility index (Phi) is 4.35. The van der Waals surface area contributed by atoms with Crippen molar-refractivity contribution >= 4 is 11.6 Å². The Bertz CT molecular complexity index is 372. The molecule has 0 spiro atoms. The third-order valence-electron chi connectivity index (χ3n) is 2.45. The first kappa shape index (κ1) is 12.6. The van der Waals surface area contributed by atoms with Gasteiger partial charge in [-0.3, -0.25) is 4.79 Å². The van der Waals surface area contributed by atoms with Crippen molar-refractivity contribution in [2.24, 2.45) is 5.92 Å². The molecule has 3 nitrogen and oxygen atoms in total. The van der Waals surface area contributed by atoms with Crippen molar-refractivity contribution < 1.29 is 9.53 Å². The normalized spacial score (nSPS) is 10.3. The van der Waals surface area contributed by atoms with Crippen molar-refractivity contribution in [2.45, 2.75) is 27.2 Å². The van der Waals surface area contributed by atoms with Crippen LogP contribution in [0.15, 0.2) is 18.2 Å². The topological polar surface area (TPSA) is 38.3 Å². The molecular formula is C13H19NO2. The van der Waals surface area contributed by atoms with Gasteiger partial charge in [0, 0.05) is 11.6 Å². The summed E-state index contributed by atoms with van der Waals surface area (Å²) in [5.41, 5.74) is 1.93. The minimum atomic E-state index is -0.00724. The standard InChI is InChI=1S/C13H19NO2/c1-5-10-8-11(6-7-12(10)16-4)14-13(15)9(2)3/h6-9H,5H2,1-4H3,(H,14,15). The van der Waals surface area contributed by atoms with Gasteiger partial charge in [-0.05, 0) is 30.2 Å². The van der Waals surface area contributed by atoms with Gasteiger partial charge in [0.2, 0.25) is 5.91 Å². The molecule has 1 amide bonds. The lowest BCUT2D eigenvalue weighted by Crippen LogP contribution is -2.17. The molecule has 0 bridgehead atoms. The van der Waals surface area contributed by atoms with Crippen LogP contribution in [0.2, 0.25) is 0 Å². The molecule has 16 heavy (non-hydrogen) atoms. The van der Waals surface area contributed by atoms with Crippen LogP contribution in [0.25, 0.3) is 0 Å². The van der Waals surface area contributed by atoms with E-state index in [1.807, 2.05) is 32.0 Å². The lowest BCUT2D eigenvalue weighted by molar-refractivity contribution is -0.118. The van der Waals surface area contributed by atoms with Gasteiger partial charge in [0.25, 0.3) is 0 Å². The highest BCUT2D eigenvalue weighted by molar-refractivity contribution is 5.92. The maximum absolute atomic E-state index is 11.5. The minimum Gasteiger partial charge on any atom is -0.496 e. The highest BCUT2D eigenvalue weighted by Crippen LogP contribution is 2.23. The van der Waals surface area contributed by atoms with Gasteiger partial charge in [-0.25, -0.2) is 0 Å². The Labute approximate surface area is 96.8 Å². The number of amides is 1. The first-order valence-electron chi connectivity index (χ1n) is 5.56. The molecule has 0 atom stereocenters. The number of ether oxygens (including phenoxy) is 1. The predicted octanol–water partition coefficient (Wildman–Crippen LogP) is 2.85. The second kappa shape index (κ2) is 5.54. The Morgan fingerprint density at radius 1 is 1.44 bits per heavy atom. The van der Waals surface area contributed by atoms with Gasteiger partial charge in [0.15, 0.2) is 0 Å². The number of rotatable bonds is 4. The molecule has 1 N–H and O–H groups in total. The second-order valence-electron chi connectivity index (χ2n) is 4.02. The van der Waals surface area contributed by atoms with Crippen molar-refractivity contribution in [3.63, 3.8) is 0 Å². The maximum atomic E-state index is 11.5. The van der Waals surface area contributed by atoms with Gasteiger partial charge in [-0.1, -0.05) is 20.8 Å². The van der Waals surface area contributed by atoms with E-state index in [0.29, 0.717) is 0 Å². The summed E-state index contributed by atoms with van der Waals surface area (Å²) in [6.45, 7) is 5.81. The minimum absolute atomic E-state index is 0.00724. The molecule has 0 saturated carbocycles. The quantitative estimate of drug-likeness (QED) is 0.849. The van der Waals surface area contributed by atoms with Crippen LogP contribution in [-0.4, -0.2) is 13.0 Å². The lowest BCUT2D eigenvalue weighted by Gasteiger charge is -2.11. The molecule has 1 aromatic rings. The molecule has 0 heterocycles.